The Morgan fingerprint density at radius 1 is 1.03 bits per heavy atom. The molecule has 1 aliphatic carbocycles. The van der Waals surface area contributed by atoms with Crippen molar-refractivity contribution in [3.05, 3.63) is 93.5 Å². The van der Waals surface area contributed by atoms with Crippen LogP contribution >= 0.6 is 11.6 Å². The van der Waals surface area contributed by atoms with Gasteiger partial charge in [0.15, 0.2) is 0 Å². The van der Waals surface area contributed by atoms with E-state index in [-0.39, 0.29) is 27.4 Å². The van der Waals surface area contributed by atoms with Gasteiger partial charge in [0.05, 0.1) is 16.8 Å². The molecular weight excluding hydrogens is 444 g/mol. The van der Waals surface area contributed by atoms with Crippen molar-refractivity contribution in [2.45, 2.75) is 44.0 Å². The lowest BCUT2D eigenvalue weighted by atomic mass is 9.87. The van der Waals surface area contributed by atoms with Gasteiger partial charge in [0.25, 0.3) is 15.9 Å². The minimum atomic E-state index is -3.98. The Morgan fingerprint density at radius 2 is 1.81 bits per heavy atom. The highest BCUT2D eigenvalue weighted by molar-refractivity contribution is 7.92. The van der Waals surface area contributed by atoms with Gasteiger partial charge in [-0.3, -0.25) is 9.52 Å². The van der Waals surface area contributed by atoms with Gasteiger partial charge in [-0.15, -0.1) is 0 Å². The Balaban J connectivity index is 1.60. The van der Waals surface area contributed by atoms with Gasteiger partial charge in [-0.2, -0.15) is 0 Å². The maximum atomic E-state index is 13.1. The van der Waals surface area contributed by atoms with Crippen molar-refractivity contribution in [2.75, 3.05) is 4.72 Å². The highest BCUT2D eigenvalue weighted by Gasteiger charge is 2.24. The first kappa shape index (κ1) is 22.4. The van der Waals surface area contributed by atoms with E-state index in [4.69, 9.17) is 11.6 Å². The van der Waals surface area contributed by atoms with E-state index in [9.17, 15) is 13.2 Å². The number of rotatable bonds is 5. The molecule has 7 heteroatoms. The number of aryl methyl sites for hydroxylation is 3. The van der Waals surface area contributed by atoms with E-state index in [2.05, 4.69) is 16.1 Å². The van der Waals surface area contributed by atoms with Crippen LogP contribution in [0.15, 0.2) is 65.6 Å². The number of hydrogen-bond acceptors (Lipinski definition) is 3. The van der Waals surface area contributed by atoms with Gasteiger partial charge in [0, 0.05) is 5.56 Å². The number of carbonyl (C=O) groups excluding carboxylic acids is 1. The molecule has 1 atom stereocenters. The molecule has 0 spiro atoms. The molecule has 2 N–H and O–H groups in total. The van der Waals surface area contributed by atoms with Crippen molar-refractivity contribution >= 4 is 33.2 Å². The average Bonchev–Trinajstić information content (AvgIpc) is 2.76. The van der Waals surface area contributed by atoms with Crippen LogP contribution in [0.25, 0.3) is 0 Å². The predicted molar refractivity (Wildman–Crippen MR) is 128 cm³/mol. The first-order valence-corrected chi connectivity index (χ1v) is 12.4. The molecule has 1 aliphatic rings. The average molecular weight is 469 g/mol. The minimum absolute atomic E-state index is 0.0577. The summed E-state index contributed by atoms with van der Waals surface area (Å²) < 4.78 is 28.8. The van der Waals surface area contributed by atoms with Crippen molar-refractivity contribution in [3.63, 3.8) is 0 Å². The standard InChI is InChI=1S/C25H25ClN2O3S/c1-16-10-11-17(2)23(14-16)28-32(30,31)24-15-19(12-13-21(24)26)25(29)27-22-9-5-7-18-6-3-4-8-20(18)22/h3-4,6,8,10-15,22,28H,5,7,9H2,1-2H3,(H,27,29). The molecule has 0 aliphatic heterocycles. The van der Waals surface area contributed by atoms with Crippen LogP contribution in [0.1, 0.15) is 51.5 Å². The molecule has 1 unspecified atom stereocenters. The quantitative estimate of drug-likeness (QED) is 0.514. The van der Waals surface area contributed by atoms with E-state index in [1.165, 1.54) is 17.7 Å². The zero-order chi connectivity index (χ0) is 22.9. The largest absolute Gasteiger partial charge is 0.345 e. The van der Waals surface area contributed by atoms with E-state index in [1.54, 1.807) is 12.1 Å². The molecule has 0 bridgehead atoms. The monoisotopic (exact) mass is 468 g/mol. The molecule has 4 rings (SSSR count). The third-order valence-corrected chi connectivity index (χ3v) is 7.64. The Morgan fingerprint density at radius 3 is 2.62 bits per heavy atom. The van der Waals surface area contributed by atoms with Crippen LogP contribution in [0.4, 0.5) is 5.69 Å². The molecule has 5 nitrogen and oxygen atoms in total. The summed E-state index contributed by atoms with van der Waals surface area (Å²) in [6, 6.07) is 17.8. The predicted octanol–water partition coefficient (Wildman–Crippen LogP) is 5.57. The van der Waals surface area contributed by atoms with Crippen LogP contribution in [0.5, 0.6) is 0 Å². The number of amides is 1. The second-order valence-corrected chi connectivity index (χ2v) is 10.2. The number of carbonyl (C=O) groups is 1. The molecule has 1 amide bonds. The number of fused-ring (bicyclic) bond motifs is 1. The van der Waals surface area contributed by atoms with Gasteiger partial charge in [-0.25, -0.2) is 8.42 Å². The van der Waals surface area contributed by atoms with Gasteiger partial charge in [0.2, 0.25) is 0 Å². The minimum Gasteiger partial charge on any atom is -0.345 e. The molecule has 0 heterocycles. The van der Waals surface area contributed by atoms with Gasteiger partial charge >= 0.3 is 0 Å². The molecule has 0 saturated carbocycles. The maximum Gasteiger partial charge on any atom is 0.263 e. The van der Waals surface area contributed by atoms with Crippen molar-refractivity contribution in [2.24, 2.45) is 0 Å². The fourth-order valence-corrected chi connectivity index (χ4v) is 5.69. The third-order valence-electron chi connectivity index (χ3n) is 5.80. The van der Waals surface area contributed by atoms with Crippen LogP contribution < -0.4 is 10.0 Å². The first-order valence-electron chi connectivity index (χ1n) is 10.5. The summed E-state index contributed by atoms with van der Waals surface area (Å²) in [6.45, 7) is 3.71. The van der Waals surface area contributed by atoms with E-state index >= 15 is 0 Å². The number of halogens is 1. The third kappa shape index (κ3) is 4.66. The molecule has 0 aromatic heterocycles. The number of benzene rings is 3. The van der Waals surface area contributed by atoms with Gasteiger partial charge in [-0.1, -0.05) is 48.0 Å². The Kier molecular flexibility index (Phi) is 6.26. The smallest absolute Gasteiger partial charge is 0.263 e. The number of sulfonamides is 1. The highest BCUT2D eigenvalue weighted by Crippen LogP contribution is 2.31. The Bertz CT molecular complexity index is 1290. The molecular formula is C25H25ClN2O3S. The van der Waals surface area contributed by atoms with Crippen molar-refractivity contribution < 1.29 is 13.2 Å². The normalized spacial score (nSPS) is 15.7. The molecule has 3 aromatic rings. The lowest BCUT2D eigenvalue weighted by Crippen LogP contribution is -2.31. The van der Waals surface area contributed by atoms with Gasteiger partial charge in [-0.05, 0) is 79.6 Å². The lowest BCUT2D eigenvalue weighted by Gasteiger charge is -2.26. The molecule has 3 aromatic carbocycles. The Labute approximate surface area is 193 Å². The number of nitrogens with one attached hydrogen (secondary N) is 2. The maximum absolute atomic E-state index is 13.1. The van der Waals surface area contributed by atoms with Crippen molar-refractivity contribution in [1.82, 2.24) is 5.32 Å². The zero-order valence-electron chi connectivity index (χ0n) is 18.0. The van der Waals surface area contributed by atoms with E-state index in [1.807, 2.05) is 44.2 Å². The van der Waals surface area contributed by atoms with E-state index in [0.29, 0.717) is 5.69 Å². The van der Waals surface area contributed by atoms with Gasteiger partial charge in [0.1, 0.15) is 4.90 Å². The Hall–Kier alpha value is -2.83. The zero-order valence-corrected chi connectivity index (χ0v) is 19.6. The van der Waals surface area contributed by atoms with Crippen LogP contribution in [-0.2, 0) is 16.4 Å². The van der Waals surface area contributed by atoms with Crippen LogP contribution in [0.2, 0.25) is 5.02 Å². The lowest BCUT2D eigenvalue weighted by molar-refractivity contribution is 0.0932. The molecule has 166 valence electrons. The SMILES string of the molecule is Cc1ccc(C)c(NS(=O)(=O)c2cc(C(=O)NC3CCCc4ccccc43)ccc2Cl)c1. The fraction of sp³-hybridized carbons (Fsp3) is 0.240. The van der Waals surface area contributed by atoms with E-state index < -0.39 is 10.0 Å². The topological polar surface area (TPSA) is 75.3 Å². The summed E-state index contributed by atoms with van der Waals surface area (Å²) in [5.74, 6) is -0.327. The van der Waals surface area contributed by atoms with Crippen molar-refractivity contribution in [3.8, 4) is 0 Å². The van der Waals surface area contributed by atoms with Crippen LogP contribution in [0, 0.1) is 13.8 Å². The van der Waals surface area contributed by atoms with Crippen LogP contribution in [-0.4, -0.2) is 14.3 Å². The summed E-state index contributed by atoms with van der Waals surface area (Å²) in [7, 11) is -3.98. The summed E-state index contributed by atoms with van der Waals surface area (Å²) in [5, 5.41) is 3.12. The van der Waals surface area contributed by atoms with E-state index in [0.717, 1.165) is 36.0 Å². The molecule has 0 saturated heterocycles. The summed E-state index contributed by atoms with van der Waals surface area (Å²) in [6.07, 6.45) is 2.83. The first-order chi connectivity index (χ1) is 15.2. The summed E-state index contributed by atoms with van der Waals surface area (Å²) >= 11 is 6.23. The molecule has 0 fully saturated rings. The second kappa shape index (κ2) is 8.96. The van der Waals surface area contributed by atoms with Gasteiger partial charge < -0.3 is 5.32 Å². The molecule has 32 heavy (non-hydrogen) atoms. The highest BCUT2D eigenvalue weighted by atomic mass is 35.5. The number of hydrogen-bond donors (Lipinski definition) is 2. The molecule has 0 radical (unpaired) electrons. The fourth-order valence-electron chi connectivity index (χ4n) is 4.04. The van der Waals surface area contributed by atoms with Crippen molar-refractivity contribution in [1.29, 1.82) is 0 Å². The summed E-state index contributed by atoms with van der Waals surface area (Å²) in [4.78, 5) is 12.9. The summed E-state index contributed by atoms with van der Waals surface area (Å²) in [5.41, 5.74) is 4.81. The van der Waals surface area contributed by atoms with Crippen LogP contribution in [0.3, 0.4) is 0 Å². The second-order valence-electron chi connectivity index (χ2n) is 8.19. The number of anilines is 1.